The molecule has 1 N–H and O–H groups in total. The number of pyridine rings is 1. The number of likely N-dealkylation sites (tertiary alicyclic amines) is 1. The number of rotatable bonds is 3. The molecule has 0 atom stereocenters. The van der Waals surface area contributed by atoms with Crippen LogP contribution in [0.5, 0.6) is 0 Å². The quantitative estimate of drug-likeness (QED) is 0.892. The van der Waals surface area contributed by atoms with E-state index in [0.29, 0.717) is 25.9 Å². The Kier molecular flexibility index (Phi) is 3.83. The standard InChI is InChI=1S/C14H18N2O3/c1-14(13(18)19)5-8-16(9-6-14)12(17)10-11-4-2-3-7-15-11/h2-4,7H,5-6,8-10H2,1H3,(H,18,19). The molecule has 1 aromatic heterocycles. The zero-order valence-corrected chi connectivity index (χ0v) is 11.0. The lowest BCUT2D eigenvalue weighted by Crippen LogP contribution is -2.45. The van der Waals surface area contributed by atoms with Crippen molar-refractivity contribution in [3.05, 3.63) is 30.1 Å². The molecule has 0 aromatic carbocycles. The summed E-state index contributed by atoms with van der Waals surface area (Å²) in [5.74, 6) is -0.754. The third-order valence-corrected chi connectivity index (χ3v) is 3.79. The summed E-state index contributed by atoms with van der Waals surface area (Å²) in [5, 5.41) is 9.14. The minimum Gasteiger partial charge on any atom is -0.481 e. The molecule has 1 fully saturated rings. The monoisotopic (exact) mass is 262 g/mol. The Hall–Kier alpha value is -1.91. The maximum absolute atomic E-state index is 12.1. The molecular formula is C14H18N2O3. The molecular weight excluding hydrogens is 244 g/mol. The highest BCUT2D eigenvalue weighted by molar-refractivity contribution is 5.79. The Labute approximate surface area is 112 Å². The number of aliphatic carboxylic acids is 1. The van der Waals surface area contributed by atoms with Crippen molar-refractivity contribution in [3.8, 4) is 0 Å². The fraction of sp³-hybridized carbons (Fsp3) is 0.500. The third kappa shape index (κ3) is 3.10. The lowest BCUT2D eigenvalue weighted by Gasteiger charge is -2.36. The van der Waals surface area contributed by atoms with Gasteiger partial charge in [-0.25, -0.2) is 0 Å². The van der Waals surface area contributed by atoms with Gasteiger partial charge in [0.05, 0.1) is 11.8 Å². The maximum atomic E-state index is 12.1. The predicted octanol–water partition coefficient (Wildman–Crippen LogP) is 1.34. The minimum atomic E-state index is -0.774. The van der Waals surface area contributed by atoms with Gasteiger partial charge in [0.1, 0.15) is 0 Å². The molecule has 0 radical (unpaired) electrons. The van der Waals surface area contributed by atoms with E-state index in [2.05, 4.69) is 4.98 Å². The van der Waals surface area contributed by atoms with E-state index in [9.17, 15) is 9.59 Å². The van der Waals surface area contributed by atoms with Crippen LogP contribution < -0.4 is 0 Å². The number of carbonyl (C=O) groups is 2. The van der Waals surface area contributed by atoms with Crippen LogP contribution in [0, 0.1) is 5.41 Å². The number of carboxylic acid groups (broad SMARTS) is 1. The van der Waals surface area contributed by atoms with Crippen LogP contribution in [0.15, 0.2) is 24.4 Å². The van der Waals surface area contributed by atoms with Crippen molar-refractivity contribution in [2.24, 2.45) is 5.41 Å². The molecule has 5 nitrogen and oxygen atoms in total. The smallest absolute Gasteiger partial charge is 0.309 e. The number of hydrogen-bond donors (Lipinski definition) is 1. The number of hydrogen-bond acceptors (Lipinski definition) is 3. The Morgan fingerprint density at radius 2 is 2.05 bits per heavy atom. The highest BCUT2D eigenvalue weighted by atomic mass is 16.4. The summed E-state index contributed by atoms with van der Waals surface area (Å²) in [4.78, 5) is 29.1. The van der Waals surface area contributed by atoms with E-state index in [1.807, 2.05) is 18.2 Å². The third-order valence-electron chi connectivity index (χ3n) is 3.79. The van der Waals surface area contributed by atoms with Gasteiger partial charge in [-0.2, -0.15) is 0 Å². The molecule has 0 saturated carbocycles. The molecule has 1 aliphatic rings. The molecule has 102 valence electrons. The first kappa shape index (κ1) is 13.5. The maximum Gasteiger partial charge on any atom is 0.309 e. The van der Waals surface area contributed by atoms with Crippen molar-refractivity contribution < 1.29 is 14.7 Å². The van der Waals surface area contributed by atoms with E-state index in [1.165, 1.54) is 0 Å². The molecule has 0 spiro atoms. The molecule has 1 saturated heterocycles. The predicted molar refractivity (Wildman–Crippen MR) is 69.5 cm³/mol. The van der Waals surface area contributed by atoms with E-state index in [-0.39, 0.29) is 12.3 Å². The van der Waals surface area contributed by atoms with Crippen molar-refractivity contribution in [2.45, 2.75) is 26.2 Å². The van der Waals surface area contributed by atoms with Crippen LogP contribution in [-0.4, -0.2) is 40.0 Å². The van der Waals surface area contributed by atoms with Crippen LogP contribution in [0.4, 0.5) is 0 Å². The molecule has 0 unspecified atom stereocenters. The van der Waals surface area contributed by atoms with Crippen molar-refractivity contribution in [1.82, 2.24) is 9.88 Å². The van der Waals surface area contributed by atoms with Gasteiger partial charge in [-0.15, -0.1) is 0 Å². The van der Waals surface area contributed by atoms with Crippen molar-refractivity contribution in [3.63, 3.8) is 0 Å². The first-order valence-electron chi connectivity index (χ1n) is 6.42. The Bertz CT molecular complexity index is 465. The molecule has 19 heavy (non-hydrogen) atoms. The van der Waals surface area contributed by atoms with Crippen LogP contribution in [-0.2, 0) is 16.0 Å². The SMILES string of the molecule is CC1(C(=O)O)CCN(C(=O)Cc2ccccn2)CC1. The van der Waals surface area contributed by atoms with Crippen LogP contribution in [0.25, 0.3) is 0 Å². The first-order chi connectivity index (χ1) is 9.01. The van der Waals surface area contributed by atoms with Crippen LogP contribution >= 0.6 is 0 Å². The number of carbonyl (C=O) groups excluding carboxylic acids is 1. The van der Waals surface area contributed by atoms with Crippen molar-refractivity contribution >= 4 is 11.9 Å². The minimum absolute atomic E-state index is 0.0196. The zero-order chi connectivity index (χ0) is 13.9. The van der Waals surface area contributed by atoms with Gasteiger partial charge >= 0.3 is 5.97 Å². The number of piperidine rings is 1. The number of aromatic nitrogens is 1. The van der Waals surface area contributed by atoms with Crippen molar-refractivity contribution in [2.75, 3.05) is 13.1 Å². The summed E-state index contributed by atoms with van der Waals surface area (Å²) in [6.45, 7) is 2.76. The lowest BCUT2D eigenvalue weighted by atomic mass is 9.80. The fourth-order valence-electron chi connectivity index (χ4n) is 2.23. The Balaban J connectivity index is 1.91. The molecule has 0 bridgehead atoms. The van der Waals surface area contributed by atoms with E-state index < -0.39 is 11.4 Å². The summed E-state index contributed by atoms with van der Waals surface area (Å²) in [7, 11) is 0. The van der Waals surface area contributed by atoms with Crippen LogP contribution in [0.2, 0.25) is 0 Å². The summed E-state index contributed by atoms with van der Waals surface area (Å²) in [5.41, 5.74) is 0.0565. The van der Waals surface area contributed by atoms with Gasteiger partial charge in [0.25, 0.3) is 0 Å². The summed E-state index contributed by atoms with van der Waals surface area (Å²) < 4.78 is 0. The molecule has 2 rings (SSSR count). The van der Waals surface area contributed by atoms with Crippen LogP contribution in [0.1, 0.15) is 25.5 Å². The summed E-state index contributed by atoms with van der Waals surface area (Å²) in [6, 6.07) is 5.49. The lowest BCUT2D eigenvalue weighted by molar-refractivity contribution is -0.152. The van der Waals surface area contributed by atoms with Crippen LogP contribution in [0.3, 0.4) is 0 Å². The second kappa shape index (κ2) is 5.38. The normalized spacial score (nSPS) is 18.1. The molecule has 1 amide bonds. The second-order valence-corrected chi connectivity index (χ2v) is 5.24. The molecule has 2 heterocycles. The van der Waals surface area contributed by atoms with E-state index in [0.717, 1.165) is 5.69 Å². The van der Waals surface area contributed by atoms with E-state index in [4.69, 9.17) is 5.11 Å². The number of carboxylic acids is 1. The molecule has 5 heteroatoms. The highest BCUT2D eigenvalue weighted by Gasteiger charge is 2.37. The number of amides is 1. The molecule has 1 aliphatic heterocycles. The highest BCUT2D eigenvalue weighted by Crippen LogP contribution is 2.31. The van der Waals surface area contributed by atoms with Gasteiger partial charge in [-0.1, -0.05) is 6.07 Å². The van der Waals surface area contributed by atoms with Gasteiger partial charge in [0.2, 0.25) is 5.91 Å². The summed E-state index contributed by atoms with van der Waals surface area (Å²) in [6.07, 6.45) is 2.97. The van der Waals surface area contributed by atoms with Gasteiger partial charge < -0.3 is 10.0 Å². The van der Waals surface area contributed by atoms with E-state index in [1.54, 1.807) is 18.0 Å². The van der Waals surface area contributed by atoms with Gasteiger partial charge in [0, 0.05) is 25.0 Å². The largest absolute Gasteiger partial charge is 0.481 e. The first-order valence-corrected chi connectivity index (χ1v) is 6.42. The Morgan fingerprint density at radius 3 is 2.58 bits per heavy atom. The van der Waals surface area contributed by atoms with E-state index >= 15 is 0 Å². The summed E-state index contributed by atoms with van der Waals surface area (Å²) >= 11 is 0. The van der Waals surface area contributed by atoms with Gasteiger partial charge in [-0.3, -0.25) is 14.6 Å². The fourth-order valence-corrected chi connectivity index (χ4v) is 2.23. The van der Waals surface area contributed by atoms with Crippen molar-refractivity contribution in [1.29, 1.82) is 0 Å². The second-order valence-electron chi connectivity index (χ2n) is 5.24. The van der Waals surface area contributed by atoms with Gasteiger partial charge in [0.15, 0.2) is 0 Å². The average molecular weight is 262 g/mol. The molecule has 0 aliphatic carbocycles. The Morgan fingerprint density at radius 1 is 1.37 bits per heavy atom. The topological polar surface area (TPSA) is 70.5 Å². The number of nitrogens with zero attached hydrogens (tertiary/aromatic N) is 2. The van der Waals surface area contributed by atoms with Gasteiger partial charge in [-0.05, 0) is 31.9 Å². The zero-order valence-electron chi connectivity index (χ0n) is 11.0. The molecule has 1 aromatic rings. The average Bonchev–Trinajstić information content (AvgIpc) is 2.40.